The number of halogens is 1. The molecule has 2 aromatic rings. The predicted molar refractivity (Wildman–Crippen MR) is 118 cm³/mol. The van der Waals surface area contributed by atoms with Crippen LogP contribution in [-0.4, -0.2) is 20.3 Å². The molecular formula is C19H23BrN4O3S2. The summed E-state index contributed by atoms with van der Waals surface area (Å²) in [6.45, 7) is 3.20. The second-order valence-electron chi connectivity index (χ2n) is 7.95. The minimum Gasteiger partial charge on any atom is -0.385 e. The number of amides is 2. The summed E-state index contributed by atoms with van der Waals surface area (Å²) in [4.78, 5) is 17.2. The van der Waals surface area contributed by atoms with E-state index in [4.69, 9.17) is 5.14 Å². The van der Waals surface area contributed by atoms with Gasteiger partial charge in [0.1, 0.15) is 0 Å². The number of benzene rings is 1. The highest BCUT2D eigenvalue weighted by molar-refractivity contribution is 9.10. The molecule has 1 unspecified atom stereocenters. The molecule has 4 N–H and O–H groups in total. The fourth-order valence-corrected chi connectivity index (χ4v) is 6.96. The third-order valence-electron chi connectivity index (χ3n) is 5.36. The molecule has 7 nitrogen and oxygen atoms in total. The molecule has 0 bridgehead atoms. The van der Waals surface area contributed by atoms with E-state index >= 15 is 0 Å². The number of nitrogens with two attached hydrogens (primary N) is 1. The number of thiazole rings is 1. The van der Waals surface area contributed by atoms with E-state index in [0.717, 1.165) is 66.7 Å². The van der Waals surface area contributed by atoms with Crippen molar-refractivity contribution >= 4 is 48.9 Å². The molecule has 2 aliphatic rings. The van der Waals surface area contributed by atoms with Crippen LogP contribution in [0.25, 0.3) is 0 Å². The van der Waals surface area contributed by atoms with E-state index in [1.165, 1.54) is 21.8 Å². The number of fused-ring (bicyclic) bond motifs is 2. The van der Waals surface area contributed by atoms with Crippen molar-refractivity contribution < 1.29 is 14.1 Å². The molecule has 0 aliphatic heterocycles. The summed E-state index contributed by atoms with van der Waals surface area (Å²) in [5.41, 5.74) is 4.47. The first kappa shape index (κ1) is 20.9. The minimum absolute atomic E-state index is 0.0241. The fraction of sp³-hybridized carbons (Fsp3) is 0.474. The topological polar surface area (TPSA) is 118 Å². The third kappa shape index (κ3) is 3.88. The lowest BCUT2D eigenvalue weighted by Crippen LogP contribution is -2.19. The van der Waals surface area contributed by atoms with Crippen molar-refractivity contribution in [3.63, 3.8) is 0 Å². The van der Waals surface area contributed by atoms with Crippen LogP contribution in [0.3, 0.4) is 0 Å². The molecule has 0 saturated heterocycles. The van der Waals surface area contributed by atoms with Crippen molar-refractivity contribution in [2.45, 2.75) is 62.3 Å². The first-order valence-electron chi connectivity index (χ1n) is 9.47. The maximum Gasteiger partial charge on any atom is 0.354 e. The quantitative estimate of drug-likeness (QED) is 0.591. The van der Waals surface area contributed by atoms with Crippen LogP contribution in [0.2, 0.25) is 0 Å². The molecule has 10 heteroatoms. The van der Waals surface area contributed by atoms with Gasteiger partial charge in [0.25, 0.3) is 0 Å². The van der Waals surface area contributed by atoms with Gasteiger partial charge in [-0.25, -0.2) is 19.1 Å². The van der Waals surface area contributed by atoms with Gasteiger partial charge in [-0.05, 0) is 74.6 Å². The fourth-order valence-electron chi connectivity index (χ4n) is 4.01. The van der Waals surface area contributed by atoms with Gasteiger partial charge in [-0.2, -0.15) is 0 Å². The van der Waals surface area contributed by atoms with Gasteiger partial charge in [0, 0.05) is 16.4 Å². The van der Waals surface area contributed by atoms with Crippen LogP contribution in [0.15, 0.2) is 19.4 Å². The molecule has 156 valence electrons. The van der Waals surface area contributed by atoms with E-state index in [2.05, 4.69) is 30.6 Å². The lowest BCUT2D eigenvalue weighted by molar-refractivity contribution is 0.0823. The number of anilines is 1. The zero-order chi connectivity index (χ0) is 21.0. The largest absolute Gasteiger partial charge is 0.385 e. The zero-order valence-corrected chi connectivity index (χ0v) is 19.5. The molecule has 1 aromatic carbocycles. The summed E-state index contributed by atoms with van der Waals surface area (Å²) in [5.74, 6) is 0. The van der Waals surface area contributed by atoms with Gasteiger partial charge < -0.3 is 10.4 Å². The number of rotatable bonds is 3. The number of carbonyl (C=O) groups excluding carboxylic acids is 1. The van der Waals surface area contributed by atoms with Gasteiger partial charge in [0.2, 0.25) is 4.34 Å². The van der Waals surface area contributed by atoms with E-state index in [9.17, 15) is 14.1 Å². The average molecular weight is 499 g/mol. The molecule has 0 saturated carbocycles. The van der Waals surface area contributed by atoms with E-state index in [0.29, 0.717) is 4.88 Å². The van der Waals surface area contributed by atoms with Crippen LogP contribution in [0.5, 0.6) is 0 Å². The SMILES string of the molecule is CC(C)(O)c1cnc(S(N)(=O)=NC(=O)Nc2c3c(c(Br)c4c2CCC4)CCC3)s1. The molecule has 2 aliphatic carbocycles. The van der Waals surface area contributed by atoms with Crippen molar-refractivity contribution in [1.29, 1.82) is 0 Å². The van der Waals surface area contributed by atoms with Crippen molar-refractivity contribution in [3.8, 4) is 0 Å². The number of nitrogens with one attached hydrogen (secondary N) is 1. The van der Waals surface area contributed by atoms with E-state index in [-0.39, 0.29) is 4.34 Å². The number of hydrogen-bond donors (Lipinski definition) is 3. The molecule has 29 heavy (non-hydrogen) atoms. The van der Waals surface area contributed by atoms with E-state index in [1.54, 1.807) is 13.8 Å². The van der Waals surface area contributed by atoms with Crippen molar-refractivity contribution in [2.24, 2.45) is 9.50 Å². The normalized spacial score (nSPS) is 17.6. The van der Waals surface area contributed by atoms with E-state index in [1.807, 2.05) is 0 Å². The standard InChI is InChI=1S/C19H23BrN4O3S2/c1-19(2,26)14-9-22-18(28-14)29(21,27)24-17(25)23-16-12-7-3-5-10(12)15(20)11-6-4-8-13(11)16/h9,26H,3-8H2,1-2H3,(H3,21,23,24,25,27). The Balaban J connectivity index is 1.67. The number of aliphatic hydroxyl groups is 1. The maximum atomic E-state index is 12.9. The molecule has 0 fully saturated rings. The monoisotopic (exact) mass is 498 g/mol. The molecular weight excluding hydrogens is 476 g/mol. The lowest BCUT2D eigenvalue weighted by atomic mass is 9.99. The smallest absolute Gasteiger partial charge is 0.354 e. The average Bonchev–Trinajstić information content (AvgIpc) is 3.37. The molecule has 0 radical (unpaired) electrons. The molecule has 4 rings (SSSR count). The summed E-state index contributed by atoms with van der Waals surface area (Å²) in [6, 6.07) is -0.733. The molecule has 2 amide bonds. The summed E-state index contributed by atoms with van der Waals surface area (Å²) in [5, 5.41) is 18.8. The van der Waals surface area contributed by atoms with Crippen LogP contribution in [0.1, 0.15) is 53.8 Å². The maximum absolute atomic E-state index is 12.9. The second kappa shape index (κ2) is 7.42. The summed E-state index contributed by atoms with van der Waals surface area (Å²) < 4.78 is 17.8. The molecule has 1 atom stereocenters. The summed E-state index contributed by atoms with van der Waals surface area (Å²) in [7, 11) is -3.51. The van der Waals surface area contributed by atoms with Gasteiger partial charge in [0.15, 0.2) is 9.92 Å². The summed E-state index contributed by atoms with van der Waals surface area (Å²) in [6.07, 6.45) is 7.26. The summed E-state index contributed by atoms with van der Waals surface area (Å²) >= 11 is 4.75. The van der Waals surface area contributed by atoms with Gasteiger partial charge in [0.05, 0.1) is 10.5 Å². The number of urea groups is 1. The Morgan fingerprint density at radius 1 is 1.24 bits per heavy atom. The highest BCUT2D eigenvalue weighted by atomic mass is 79.9. The van der Waals surface area contributed by atoms with Gasteiger partial charge in [-0.15, -0.1) is 15.7 Å². The third-order valence-corrected chi connectivity index (χ3v) is 9.43. The Morgan fingerprint density at radius 3 is 2.31 bits per heavy atom. The highest BCUT2D eigenvalue weighted by Gasteiger charge is 2.29. The van der Waals surface area contributed by atoms with Crippen molar-refractivity contribution in [2.75, 3.05) is 5.32 Å². The van der Waals surface area contributed by atoms with Gasteiger partial charge in [-0.1, -0.05) is 15.9 Å². The minimum atomic E-state index is -3.51. The number of nitrogens with zero attached hydrogens (tertiary/aromatic N) is 2. The second-order valence-corrected chi connectivity index (χ2v) is 11.7. The van der Waals surface area contributed by atoms with Gasteiger partial charge >= 0.3 is 6.03 Å². The van der Waals surface area contributed by atoms with Crippen LogP contribution in [-0.2, 0) is 41.2 Å². The molecule has 1 heterocycles. The van der Waals surface area contributed by atoms with Crippen molar-refractivity contribution in [3.05, 3.63) is 37.8 Å². The Labute approximate surface area is 182 Å². The molecule has 1 aromatic heterocycles. The van der Waals surface area contributed by atoms with Crippen LogP contribution in [0, 0.1) is 0 Å². The Hall–Kier alpha value is -1.33. The number of aromatic nitrogens is 1. The Kier molecular flexibility index (Phi) is 5.35. The van der Waals surface area contributed by atoms with Gasteiger partial charge in [-0.3, -0.25) is 0 Å². The molecule has 0 spiro atoms. The zero-order valence-electron chi connectivity index (χ0n) is 16.2. The van der Waals surface area contributed by atoms with Crippen LogP contribution >= 0.6 is 27.3 Å². The highest BCUT2D eigenvalue weighted by Crippen LogP contribution is 2.44. The predicted octanol–water partition coefficient (Wildman–Crippen LogP) is 4.04. The van der Waals surface area contributed by atoms with Crippen LogP contribution in [0.4, 0.5) is 10.5 Å². The first-order valence-corrected chi connectivity index (χ1v) is 12.7. The van der Waals surface area contributed by atoms with E-state index < -0.39 is 21.5 Å². The lowest BCUT2D eigenvalue weighted by Gasteiger charge is -2.17. The number of carbonyl (C=O) groups is 1. The Morgan fingerprint density at radius 2 is 1.79 bits per heavy atom. The first-order chi connectivity index (χ1) is 13.6. The van der Waals surface area contributed by atoms with Crippen LogP contribution < -0.4 is 10.5 Å². The Bertz CT molecular complexity index is 1090. The number of hydrogen-bond acceptors (Lipinski definition) is 5. The van der Waals surface area contributed by atoms with Crippen molar-refractivity contribution in [1.82, 2.24) is 4.98 Å².